The van der Waals surface area contributed by atoms with Crippen LogP contribution in [0.3, 0.4) is 0 Å². The number of hydrogen-bond acceptors (Lipinski definition) is 5. The van der Waals surface area contributed by atoms with Crippen LogP contribution in [0.5, 0.6) is 17.2 Å². The third kappa shape index (κ3) is 7.26. The maximum atomic E-state index is 12.3. The summed E-state index contributed by atoms with van der Waals surface area (Å²) < 4.78 is 17.2. The Morgan fingerprint density at radius 1 is 1.00 bits per heavy atom. The van der Waals surface area contributed by atoms with E-state index >= 15 is 0 Å². The molecule has 0 saturated carbocycles. The zero-order valence-electron chi connectivity index (χ0n) is 18.7. The number of hydrazone groups is 1. The third-order valence-electron chi connectivity index (χ3n) is 4.53. The highest BCUT2D eigenvalue weighted by molar-refractivity contribution is 6.32. The minimum absolute atomic E-state index is 0.327. The molecule has 0 saturated heterocycles. The normalized spacial score (nSPS) is 10.8. The molecule has 0 radical (unpaired) electrons. The summed E-state index contributed by atoms with van der Waals surface area (Å²) in [4.78, 5) is 12.3. The quantitative estimate of drug-likeness (QED) is 0.283. The van der Waals surface area contributed by atoms with Crippen LogP contribution < -0.4 is 19.6 Å². The molecule has 1 amide bonds. The Morgan fingerprint density at radius 2 is 1.76 bits per heavy atom. The number of benzene rings is 3. The van der Waals surface area contributed by atoms with Crippen molar-refractivity contribution >= 4 is 23.7 Å². The molecule has 0 aliphatic heterocycles. The van der Waals surface area contributed by atoms with Crippen molar-refractivity contribution in [3.05, 3.63) is 88.4 Å². The lowest BCUT2D eigenvalue weighted by Crippen LogP contribution is -2.17. The number of nitrogens with zero attached hydrogens (tertiary/aromatic N) is 1. The largest absolute Gasteiger partial charge is 0.494 e. The van der Waals surface area contributed by atoms with Crippen LogP contribution in [0, 0.1) is 0 Å². The van der Waals surface area contributed by atoms with E-state index in [0.29, 0.717) is 47.5 Å². The second-order valence-corrected chi connectivity index (χ2v) is 7.52. The molecular formula is C26H27ClN2O4. The number of amides is 1. The Bertz CT molecular complexity index is 1070. The Balaban J connectivity index is 1.65. The minimum Gasteiger partial charge on any atom is -0.494 e. The van der Waals surface area contributed by atoms with Gasteiger partial charge in [0.25, 0.3) is 5.91 Å². The maximum Gasteiger partial charge on any atom is 0.271 e. The highest BCUT2D eigenvalue weighted by Crippen LogP contribution is 2.37. The van der Waals surface area contributed by atoms with Crippen LogP contribution in [0.25, 0.3) is 0 Å². The number of ether oxygens (including phenoxy) is 3. The molecule has 3 rings (SSSR count). The maximum absolute atomic E-state index is 12.3. The Kier molecular flexibility index (Phi) is 9.15. The van der Waals surface area contributed by atoms with Crippen molar-refractivity contribution in [2.45, 2.75) is 26.9 Å². The molecule has 0 spiro atoms. The van der Waals surface area contributed by atoms with Crippen LogP contribution in [0.2, 0.25) is 5.02 Å². The predicted molar refractivity (Wildman–Crippen MR) is 131 cm³/mol. The molecule has 0 heterocycles. The van der Waals surface area contributed by atoms with E-state index in [1.165, 1.54) is 6.21 Å². The number of carbonyl (C=O) groups is 1. The van der Waals surface area contributed by atoms with Crippen molar-refractivity contribution in [2.24, 2.45) is 5.10 Å². The van der Waals surface area contributed by atoms with Gasteiger partial charge in [0, 0.05) is 5.56 Å². The van der Waals surface area contributed by atoms with Crippen LogP contribution in [-0.4, -0.2) is 25.3 Å². The first-order chi connectivity index (χ1) is 16.1. The van der Waals surface area contributed by atoms with Gasteiger partial charge in [0.1, 0.15) is 12.4 Å². The molecule has 0 aliphatic rings. The first-order valence-corrected chi connectivity index (χ1v) is 11.2. The van der Waals surface area contributed by atoms with Crippen LogP contribution in [0.1, 0.15) is 41.8 Å². The summed E-state index contributed by atoms with van der Waals surface area (Å²) in [6.07, 6.45) is 2.43. The van der Waals surface area contributed by atoms with Gasteiger partial charge in [0.2, 0.25) is 0 Å². The fraction of sp³-hybridized carbons (Fsp3) is 0.231. The SMILES string of the molecule is CCCOc1ccc(C(=O)N/N=C/c2cc(Cl)c(OCc3ccccc3)c(OCC)c2)cc1. The topological polar surface area (TPSA) is 69.2 Å². The summed E-state index contributed by atoms with van der Waals surface area (Å²) in [5, 5.41) is 4.44. The first-order valence-electron chi connectivity index (χ1n) is 10.8. The Morgan fingerprint density at radius 3 is 2.45 bits per heavy atom. The molecule has 7 heteroatoms. The van der Waals surface area contributed by atoms with Crippen molar-refractivity contribution < 1.29 is 19.0 Å². The van der Waals surface area contributed by atoms with Gasteiger partial charge in [0.15, 0.2) is 11.5 Å². The zero-order chi connectivity index (χ0) is 23.5. The van der Waals surface area contributed by atoms with Crippen LogP contribution in [0.15, 0.2) is 71.8 Å². The van der Waals surface area contributed by atoms with E-state index in [1.807, 2.05) is 44.2 Å². The van der Waals surface area contributed by atoms with Gasteiger partial charge in [-0.25, -0.2) is 5.43 Å². The molecule has 3 aromatic rings. The van der Waals surface area contributed by atoms with Gasteiger partial charge in [-0.05, 0) is 60.9 Å². The van der Waals surface area contributed by atoms with Gasteiger partial charge < -0.3 is 14.2 Å². The summed E-state index contributed by atoms with van der Waals surface area (Å²) in [6, 6.07) is 20.2. The first kappa shape index (κ1) is 24.1. The van der Waals surface area contributed by atoms with Crippen molar-refractivity contribution in [1.82, 2.24) is 5.43 Å². The summed E-state index contributed by atoms with van der Waals surface area (Å²) in [5.74, 6) is 1.38. The fourth-order valence-corrected chi connectivity index (χ4v) is 3.22. The summed E-state index contributed by atoms with van der Waals surface area (Å²) >= 11 is 6.46. The van der Waals surface area contributed by atoms with Gasteiger partial charge >= 0.3 is 0 Å². The molecule has 0 atom stereocenters. The average Bonchev–Trinajstić information content (AvgIpc) is 2.83. The summed E-state index contributed by atoms with van der Waals surface area (Å²) in [6.45, 7) is 5.38. The number of hydrogen-bond donors (Lipinski definition) is 1. The second-order valence-electron chi connectivity index (χ2n) is 7.11. The monoisotopic (exact) mass is 466 g/mol. The lowest BCUT2D eigenvalue weighted by atomic mass is 10.2. The van der Waals surface area contributed by atoms with E-state index in [9.17, 15) is 4.79 Å². The van der Waals surface area contributed by atoms with Crippen molar-refractivity contribution in [3.8, 4) is 17.2 Å². The van der Waals surface area contributed by atoms with Gasteiger partial charge in [-0.3, -0.25) is 4.79 Å². The van der Waals surface area contributed by atoms with Gasteiger partial charge in [-0.15, -0.1) is 0 Å². The molecule has 6 nitrogen and oxygen atoms in total. The van der Waals surface area contributed by atoms with E-state index in [2.05, 4.69) is 10.5 Å². The van der Waals surface area contributed by atoms with Crippen molar-refractivity contribution in [1.29, 1.82) is 0 Å². The summed E-state index contributed by atoms with van der Waals surface area (Å²) in [7, 11) is 0. The minimum atomic E-state index is -0.327. The van der Waals surface area contributed by atoms with Gasteiger partial charge in [0.05, 0.1) is 24.5 Å². The van der Waals surface area contributed by atoms with E-state index < -0.39 is 0 Å². The summed E-state index contributed by atoms with van der Waals surface area (Å²) in [5.41, 5.74) is 4.69. The van der Waals surface area contributed by atoms with Crippen LogP contribution in [0.4, 0.5) is 0 Å². The highest BCUT2D eigenvalue weighted by Gasteiger charge is 2.13. The molecule has 3 aromatic carbocycles. The van der Waals surface area contributed by atoms with Crippen molar-refractivity contribution in [2.75, 3.05) is 13.2 Å². The standard InChI is InChI=1S/C26H27ClN2O4/c1-3-14-32-22-12-10-21(11-13-22)26(30)29-28-17-20-15-23(27)25(24(16-20)31-4-2)33-18-19-8-6-5-7-9-19/h5-13,15-17H,3-4,14,18H2,1-2H3,(H,29,30)/b28-17+. The van der Waals surface area contributed by atoms with Crippen LogP contribution >= 0.6 is 11.6 Å². The zero-order valence-corrected chi connectivity index (χ0v) is 19.5. The molecule has 33 heavy (non-hydrogen) atoms. The van der Waals surface area contributed by atoms with E-state index in [1.54, 1.807) is 36.4 Å². The molecule has 0 bridgehead atoms. The smallest absolute Gasteiger partial charge is 0.271 e. The lowest BCUT2D eigenvalue weighted by molar-refractivity contribution is 0.0955. The molecular weight excluding hydrogens is 440 g/mol. The van der Waals surface area contributed by atoms with Gasteiger partial charge in [-0.2, -0.15) is 5.10 Å². The second kappa shape index (κ2) is 12.5. The Labute approximate surface area is 199 Å². The van der Waals surface area contributed by atoms with E-state index in [4.69, 9.17) is 25.8 Å². The average molecular weight is 467 g/mol. The number of rotatable bonds is 11. The van der Waals surface area contributed by atoms with Crippen LogP contribution in [-0.2, 0) is 6.61 Å². The number of carbonyl (C=O) groups excluding carboxylic acids is 1. The lowest BCUT2D eigenvalue weighted by Gasteiger charge is -2.14. The molecule has 1 N–H and O–H groups in total. The van der Waals surface area contributed by atoms with Gasteiger partial charge in [-0.1, -0.05) is 48.9 Å². The predicted octanol–water partition coefficient (Wildman–Crippen LogP) is 5.87. The van der Waals surface area contributed by atoms with Crippen molar-refractivity contribution in [3.63, 3.8) is 0 Å². The molecule has 0 unspecified atom stereocenters. The van der Waals surface area contributed by atoms with E-state index in [-0.39, 0.29) is 5.91 Å². The third-order valence-corrected chi connectivity index (χ3v) is 4.81. The molecule has 0 fully saturated rings. The molecule has 172 valence electrons. The number of nitrogens with one attached hydrogen (secondary N) is 1. The highest BCUT2D eigenvalue weighted by atomic mass is 35.5. The molecule has 0 aromatic heterocycles. The number of halogens is 1. The Hall–Kier alpha value is -3.51. The van der Waals surface area contributed by atoms with E-state index in [0.717, 1.165) is 17.7 Å². The molecule has 0 aliphatic carbocycles. The fourth-order valence-electron chi connectivity index (χ4n) is 2.95.